The second-order valence-electron chi connectivity index (χ2n) is 22.7. The van der Waals surface area contributed by atoms with Crippen molar-refractivity contribution in [3.63, 3.8) is 0 Å². The molecule has 0 aliphatic rings. The van der Waals surface area contributed by atoms with Gasteiger partial charge >= 0.3 is 0 Å². The van der Waals surface area contributed by atoms with Crippen molar-refractivity contribution < 1.29 is 32.9 Å². The molecule has 2 N–H and O–H groups in total. The van der Waals surface area contributed by atoms with Crippen LogP contribution < -0.4 is 10.2 Å². The minimum atomic E-state index is -4.62. The van der Waals surface area contributed by atoms with E-state index in [1.165, 1.54) is 161 Å². The Kier molecular flexibility index (Phi) is 56.7. The molecule has 0 bridgehead atoms. The summed E-state index contributed by atoms with van der Waals surface area (Å²) in [5, 5.41) is 13.9. The van der Waals surface area contributed by atoms with E-state index in [1.54, 1.807) is 6.08 Å². The largest absolute Gasteiger partial charge is 0.756 e. The second kappa shape index (κ2) is 58.8. The first-order valence-electron chi connectivity index (χ1n) is 32.2. The number of likely N-dealkylation sites (N-methyl/N-ethyl adjacent to an activating group) is 1. The van der Waals surface area contributed by atoms with E-state index in [0.29, 0.717) is 17.4 Å². The maximum Gasteiger partial charge on any atom is 0.268 e. The zero-order chi connectivity index (χ0) is 57.0. The van der Waals surface area contributed by atoms with Crippen molar-refractivity contribution in [2.45, 2.75) is 283 Å². The number of carbonyl (C=O) groups is 1. The van der Waals surface area contributed by atoms with Gasteiger partial charge in [-0.2, -0.15) is 0 Å². The minimum Gasteiger partial charge on any atom is -0.756 e. The van der Waals surface area contributed by atoms with Gasteiger partial charge in [-0.15, -0.1) is 0 Å². The van der Waals surface area contributed by atoms with E-state index >= 15 is 0 Å². The highest BCUT2D eigenvalue weighted by Gasteiger charge is 2.23. The number of phosphoric ester groups is 1. The van der Waals surface area contributed by atoms with Gasteiger partial charge in [0.25, 0.3) is 7.82 Å². The van der Waals surface area contributed by atoms with Crippen molar-refractivity contribution in [3.05, 3.63) is 109 Å². The van der Waals surface area contributed by atoms with Gasteiger partial charge in [0.1, 0.15) is 13.2 Å². The van der Waals surface area contributed by atoms with Crippen LogP contribution in [0.25, 0.3) is 0 Å². The van der Waals surface area contributed by atoms with Crippen LogP contribution in [-0.2, 0) is 18.4 Å². The SMILES string of the molecule is CC/C=C\C/C=C\C/C=C\C/C=C\C/C=C\C/C=C\C/C=C\C/C=C\CCCCC(=O)NC(COP(=O)([O-])OCC[N+](C)(C)C)C(O)/C=C/CCCCCCCCCCCCCCCCCCCCCCCCCCCCC. The van der Waals surface area contributed by atoms with Crippen molar-refractivity contribution in [2.75, 3.05) is 40.9 Å². The summed E-state index contributed by atoms with van der Waals surface area (Å²) >= 11 is 0. The summed E-state index contributed by atoms with van der Waals surface area (Å²) in [6.45, 7) is 4.52. The molecule has 0 heterocycles. The van der Waals surface area contributed by atoms with E-state index in [1.807, 2.05) is 27.2 Å². The molecule has 0 aliphatic carbocycles. The Morgan fingerprint density at radius 2 is 0.782 bits per heavy atom. The standard InChI is InChI=1S/C69H123N2O6P/c1-6-8-10-12-14-16-18-20-22-24-26-28-30-32-34-35-37-38-40-42-44-46-48-50-52-54-56-58-60-62-68(72)67(66-77-78(74,75)76-65-64-71(3,4)5)70-69(73)63-61-59-57-55-53-51-49-47-45-43-41-39-36-33-31-29-27-25-23-21-19-17-15-13-11-9-7-2/h9,11,15,17,21,23,27,29,33,36,41,43,47,49,53,55,60,62,67-68,72H,6-8,10,12-14,16,18-20,22,24-26,28,30-32,34-35,37-40,42,44-46,48,50-52,54,56-59,61,63-66H2,1-5H3,(H-,70,73,74,75)/b11-9-,17-15-,23-21-,29-27-,36-33-,43-41-,49-47-,55-53-,62-60+. The minimum absolute atomic E-state index is 0.0154. The van der Waals surface area contributed by atoms with Crippen LogP contribution in [0, 0.1) is 0 Å². The molecule has 0 saturated carbocycles. The third-order valence-electron chi connectivity index (χ3n) is 14.0. The fraction of sp³-hybridized carbons (Fsp3) is 0.725. The molecule has 1 amide bonds. The number of aliphatic hydroxyl groups excluding tert-OH is 1. The quantitative estimate of drug-likeness (QED) is 0.0272. The lowest BCUT2D eigenvalue weighted by Crippen LogP contribution is -2.45. The normalized spacial score (nSPS) is 14.5. The number of hydrogen-bond donors (Lipinski definition) is 2. The molecular weight excluding hydrogens is 984 g/mol. The molecule has 0 fully saturated rings. The van der Waals surface area contributed by atoms with Crippen LogP contribution in [-0.4, -0.2) is 68.5 Å². The lowest BCUT2D eigenvalue weighted by molar-refractivity contribution is -0.870. The lowest BCUT2D eigenvalue weighted by Gasteiger charge is -2.29. The van der Waals surface area contributed by atoms with Crippen LogP contribution >= 0.6 is 7.82 Å². The summed E-state index contributed by atoms with van der Waals surface area (Å²) in [6.07, 6.45) is 86.2. The molecule has 0 aromatic rings. The van der Waals surface area contributed by atoms with Crippen molar-refractivity contribution in [1.82, 2.24) is 5.32 Å². The van der Waals surface area contributed by atoms with Gasteiger partial charge < -0.3 is 28.8 Å². The maximum absolute atomic E-state index is 13.0. The average molecular weight is 1110 g/mol. The van der Waals surface area contributed by atoms with Crippen LogP contribution in [0.2, 0.25) is 0 Å². The third kappa shape index (κ3) is 60.8. The van der Waals surface area contributed by atoms with Crippen molar-refractivity contribution in [2.24, 2.45) is 0 Å². The number of quaternary nitrogens is 1. The number of allylic oxidation sites excluding steroid dienone is 17. The smallest absolute Gasteiger partial charge is 0.268 e. The van der Waals surface area contributed by atoms with Gasteiger partial charge in [0.05, 0.1) is 39.9 Å². The lowest BCUT2D eigenvalue weighted by atomic mass is 10.0. The fourth-order valence-corrected chi connectivity index (χ4v) is 9.72. The monoisotopic (exact) mass is 1110 g/mol. The van der Waals surface area contributed by atoms with Gasteiger partial charge in [-0.25, -0.2) is 0 Å². The van der Waals surface area contributed by atoms with Crippen LogP contribution in [0.3, 0.4) is 0 Å². The number of carbonyl (C=O) groups excluding carboxylic acids is 1. The third-order valence-corrected chi connectivity index (χ3v) is 15.0. The highest BCUT2D eigenvalue weighted by atomic mass is 31.2. The summed E-state index contributed by atoms with van der Waals surface area (Å²) in [7, 11) is 1.22. The predicted octanol–water partition coefficient (Wildman–Crippen LogP) is 19.7. The zero-order valence-corrected chi connectivity index (χ0v) is 52.2. The first-order chi connectivity index (χ1) is 38.0. The Balaban J connectivity index is 4.25. The van der Waals surface area contributed by atoms with E-state index in [2.05, 4.69) is 116 Å². The maximum atomic E-state index is 13.0. The Morgan fingerprint density at radius 1 is 0.462 bits per heavy atom. The number of nitrogens with one attached hydrogen (secondary N) is 1. The number of hydrogen-bond acceptors (Lipinski definition) is 6. The Morgan fingerprint density at radius 3 is 1.14 bits per heavy atom. The highest BCUT2D eigenvalue weighted by molar-refractivity contribution is 7.45. The number of rotatable bonds is 58. The topological polar surface area (TPSA) is 108 Å². The number of phosphoric acid groups is 1. The molecule has 0 aromatic heterocycles. The molecule has 3 atom stereocenters. The van der Waals surface area contributed by atoms with E-state index in [9.17, 15) is 19.4 Å². The summed E-state index contributed by atoms with van der Waals surface area (Å²) in [4.78, 5) is 25.6. The van der Waals surface area contributed by atoms with Gasteiger partial charge in [0.15, 0.2) is 0 Å². The van der Waals surface area contributed by atoms with Crippen molar-refractivity contribution in [1.29, 1.82) is 0 Å². The molecule has 0 radical (unpaired) electrons. The van der Waals surface area contributed by atoms with Crippen LogP contribution in [0.1, 0.15) is 271 Å². The fourth-order valence-electron chi connectivity index (χ4n) is 8.99. The molecule has 0 rings (SSSR count). The molecule has 8 nitrogen and oxygen atoms in total. The van der Waals surface area contributed by atoms with E-state index in [0.717, 1.165) is 83.5 Å². The zero-order valence-electron chi connectivity index (χ0n) is 51.3. The van der Waals surface area contributed by atoms with Gasteiger partial charge in [0.2, 0.25) is 5.91 Å². The van der Waals surface area contributed by atoms with E-state index in [-0.39, 0.29) is 18.9 Å². The molecule has 78 heavy (non-hydrogen) atoms. The second-order valence-corrected chi connectivity index (χ2v) is 24.1. The summed E-state index contributed by atoms with van der Waals surface area (Å²) in [5.74, 6) is -0.241. The summed E-state index contributed by atoms with van der Waals surface area (Å²) in [5.41, 5.74) is 0. The Hall–Kier alpha value is -2.84. The van der Waals surface area contributed by atoms with Gasteiger partial charge in [-0.3, -0.25) is 9.36 Å². The number of unbranched alkanes of at least 4 members (excludes halogenated alkanes) is 29. The molecule has 0 saturated heterocycles. The first kappa shape index (κ1) is 75.2. The highest BCUT2D eigenvalue weighted by Crippen LogP contribution is 2.38. The van der Waals surface area contributed by atoms with Gasteiger partial charge in [-0.1, -0.05) is 290 Å². The Labute approximate surface area is 482 Å². The molecule has 0 spiro atoms. The van der Waals surface area contributed by atoms with E-state index in [4.69, 9.17) is 9.05 Å². The first-order valence-corrected chi connectivity index (χ1v) is 33.7. The summed E-state index contributed by atoms with van der Waals surface area (Å²) in [6, 6.07) is -0.920. The molecule has 450 valence electrons. The van der Waals surface area contributed by atoms with E-state index < -0.39 is 26.6 Å². The summed E-state index contributed by atoms with van der Waals surface area (Å²) < 4.78 is 23.4. The molecule has 0 aliphatic heterocycles. The predicted molar refractivity (Wildman–Crippen MR) is 339 cm³/mol. The average Bonchev–Trinajstić information content (AvgIpc) is 3.41. The number of aliphatic hydroxyl groups is 1. The van der Waals surface area contributed by atoms with Gasteiger partial charge in [0, 0.05) is 6.42 Å². The van der Waals surface area contributed by atoms with Crippen molar-refractivity contribution >= 4 is 13.7 Å². The number of nitrogens with zero attached hydrogens (tertiary/aromatic N) is 1. The number of amides is 1. The molecular formula is C69H123N2O6P. The van der Waals surface area contributed by atoms with Crippen LogP contribution in [0.5, 0.6) is 0 Å². The van der Waals surface area contributed by atoms with Gasteiger partial charge in [-0.05, 0) is 83.5 Å². The van der Waals surface area contributed by atoms with Crippen LogP contribution in [0.4, 0.5) is 0 Å². The molecule has 0 aromatic carbocycles. The molecule has 9 heteroatoms. The molecule has 3 unspecified atom stereocenters. The Bertz CT molecular complexity index is 1640. The van der Waals surface area contributed by atoms with Crippen LogP contribution in [0.15, 0.2) is 109 Å². The van der Waals surface area contributed by atoms with Crippen molar-refractivity contribution in [3.8, 4) is 0 Å².